The molecule has 0 unspecified atom stereocenters. The number of nitrogens with zero attached hydrogens (tertiary/aromatic N) is 3. The number of nitro groups is 1. The number of amides is 1. The number of carbonyl (C=O) groups excluding carboxylic acids is 1. The molecule has 0 atom stereocenters. The Kier molecular flexibility index (Phi) is 6.66. The molecule has 0 bridgehead atoms. The van der Waals surface area contributed by atoms with E-state index in [-0.39, 0.29) is 11.6 Å². The van der Waals surface area contributed by atoms with E-state index in [0.717, 1.165) is 11.3 Å². The van der Waals surface area contributed by atoms with E-state index < -0.39 is 4.92 Å². The van der Waals surface area contributed by atoms with Gasteiger partial charge in [0.1, 0.15) is 5.75 Å². The molecule has 0 saturated carbocycles. The number of hydrogen-bond donors (Lipinski definition) is 0. The largest absolute Gasteiger partial charge is 0.497 e. The summed E-state index contributed by atoms with van der Waals surface area (Å²) >= 11 is 0. The molecule has 1 heterocycles. The van der Waals surface area contributed by atoms with Crippen molar-refractivity contribution in [1.29, 1.82) is 0 Å². The van der Waals surface area contributed by atoms with Gasteiger partial charge in [-0.05, 0) is 30.7 Å². The predicted molar refractivity (Wildman–Crippen MR) is 110 cm³/mol. The summed E-state index contributed by atoms with van der Waals surface area (Å²) in [6.45, 7) is 5.20. The number of methoxy groups -OCH3 is 1. The number of hydrogen-bond acceptors (Lipinski definition) is 6. The summed E-state index contributed by atoms with van der Waals surface area (Å²) in [5, 5.41) is 11.3. The van der Waals surface area contributed by atoms with Crippen molar-refractivity contribution in [2.75, 3.05) is 44.9 Å². The first-order valence-electron chi connectivity index (χ1n) is 9.56. The summed E-state index contributed by atoms with van der Waals surface area (Å²) in [4.78, 5) is 27.9. The van der Waals surface area contributed by atoms with Gasteiger partial charge in [-0.15, -0.1) is 0 Å². The molecule has 8 heteroatoms. The van der Waals surface area contributed by atoms with Crippen LogP contribution in [0.5, 0.6) is 5.75 Å². The molecule has 0 aromatic heterocycles. The average molecular weight is 399 g/mol. The van der Waals surface area contributed by atoms with Crippen LogP contribution in [-0.4, -0.2) is 55.7 Å². The number of nitro benzene ring substituents is 1. The SMILES string of the molecule is CCN(Cc1ccc(OC)cc1)C(=O)c1cc([N+](=O)[O-])ccc1N1CCOCC1. The molecular weight excluding hydrogens is 374 g/mol. The zero-order chi connectivity index (χ0) is 20.8. The molecule has 1 fully saturated rings. The molecule has 0 aliphatic carbocycles. The van der Waals surface area contributed by atoms with Gasteiger partial charge >= 0.3 is 0 Å². The lowest BCUT2D eigenvalue weighted by atomic mass is 10.1. The molecule has 2 aromatic carbocycles. The molecule has 3 rings (SSSR count). The van der Waals surface area contributed by atoms with E-state index in [1.807, 2.05) is 36.1 Å². The molecule has 8 nitrogen and oxygen atoms in total. The van der Waals surface area contributed by atoms with Crippen molar-refractivity contribution in [3.05, 3.63) is 63.7 Å². The minimum Gasteiger partial charge on any atom is -0.497 e. The minimum absolute atomic E-state index is 0.0918. The molecule has 154 valence electrons. The summed E-state index contributed by atoms with van der Waals surface area (Å²) < 4.78 is 10.6. The van der Waals surface area contributed by atoms with E-state index in [1.165, 1.54) is 12.1 Å². The first-order valence-corrected chi connectivity index (χ1v) is 9.56. The lowest BCUT2D eigenvalue weighted by Gasteiger charge is -2.31. The first kappa shape index (κ1) is 20.6. The third-order valence-corrected chi connectivity index (χ3v) is 4.97. The van der Waals surface area contributed by atoms with Crippen LogP contribution in [0.2, 0.25) is 0 Å². The Morgan fingerprint density at radius 1 is 1.21 bits per heavy atom. The quantitative estimate of drug-likeness (QED) is 0.525. The Morgan fingerprint density at radius 2 is 1.90 bits per heavy atom. The molecule has 1 amide bonds. The fourth-order valence-electron chi connectivity index (χ4n) is 3.34. The van der Waals surface area contributed by atoms with Gasteiger partial charge in [0.2, 0.25) is 0 Å². The maximum absolute atomic E-state index is 13.4. The van der Waals surface area contributed by atoms with Gasteiger partial charge in [-0.2, -0.15) is 0 Å². The Bertz CT molecular complexity index is 863. The van der Waals surface area contributed by atoms with E-state index in [9.17, 15) is 14.9 Å². The zero-order valence-electron chi connectivity index (χ0n) is 16.7. The highest BCUT2D eigenvalue weighted by Crippen LogP contribution is 2.28. The molecule has 0 radical (unpaired) electrons. The average Bonchev–Trinajstić information content (AvgIpc) is 2.77. The van der Waals surface area contributed by atoms with Crippen LogP contribution in [0.4, 0.5) is 11.4 Å². The van der Waals surface area contributed by atoms with Crippen LogP contribution in [0, 0.1) is 10.1 Å². The highest BCUT2D eigenvalue weighted by atomic mass is 16.6. The van der Waals surface area contributed by atoms with Crippen LogP contribution in [0.1, 0.15) is 22.8 Å². The van der Waals surface area contributed by atoms with Gasteiger partial charge in [0.15, 0.2) is 0 Å². The minimum atomic E-state index is -0.473. The third-order valence-electron chi connectivity index (χ3n) is 4.97. The second-order valence-electron chi connectivity index (χ2n) is 6.73. The fraction of sp³-hybridized carbons (Fsp3) is 0.381. The molecule has 29 heavy (non-hydrogen) atoms. The molecule has 2 aromatic rings. The van der Waals surface area contributed by atoms with Crippen molar-refractivity contribution in [2.45, 2.75) is 13.5 Å². The van der Waals surface area contributed by atoms with E-state index in [4.69, 9.17) is 9.47 Å². The molecule has 1 saturated heterocycles. The van der Waals surface area contributed by atoms with Gasteiger partial charge in [-0.25, -0.2) is 0 Å². The van der Waals surface area contributed by atoms with Crippen LogP contribution < -0.4 is 9.64 Å². The second kappa shape index (κ2) is 9.38. The van der Waals surface area contributed by atoms with Crippen molar-refractivity contribution in [3.63, 3.8) is 0 Å². The van der Waals surface area contributed by atoms with Gasteiger partial charge in [0.05, 0.1) is 36.5 Å². The van der Waals surface area contributed by atoms with Gasteiger partial charge in [0, 0.05) is 38.3 Å². The normalized spacial score (nSPS) is 13.8. The van der Waals surface area contributed by atoms with Crippen LogP contribution in [0.25, 0.3) is 0 Å². The predicted octanol–water partition coefficient (Wildman–Crippen LogP) is 3.10. The Balaban J connectivity index is 1.90. The third kappa shape index (κ3) is 4.83. The van der Waals surface area contributed by atoms with E-state index in [0.29, 0.717) is 50.6 Å². The van der Waals surface area contributed by atoms with E-state index in [2.05, 4.69) is 0 Å². The van der Waals surface area contributed by atoms with Crippen molar-refractivity contribution in [2.24, 2.45) is 0 Å². The number of anilines is 1. The van der Waals surface area contributed by atoms with Crippen LogP contribution in [0.15, 0.2) is 42.5 Å². The number of carbonyl (C=O) groups is 1. The first-order chi connectivity index (χ1) is 14.0. The lowest BCUT2D eigenvalue weighted by molar-refractivity contribution is -0.384. The van der Waals surface area contributed by atoms with Crippen LogP contribution in [-0.2, 0) is 11.3 Å². The fourth-order valence-corrected chi connectivity index (χ4v) is 3.34. The summed E-state index contributed by atoms with van der Waals surface area (Å²) in [6.07, 6.45) is 0. The lowest BCUT2D eigenvalue weighted by Crippen LogP contribution is -2.38. The maximum Gasteiger partial charge on any atom is 0.270 e. The maximum atomic E-state index is 13.4. The number of morpholine rings is 1. The van der Waals surface area contributed by atoms with Crippen LogP contribution in [0.3, 0.4) is 0 Å². The topological polar surface area (TPSA) is 85.1 Å². The van der Waals surface area contributed by atoms with Crippen molar-refractivity contribution < 1.29 is 19.2 Å². The molecule has 1 aliphatic heterocycles. The van der Waals surface area contributed by atoms with Crippen LogP contribution >= 0.6 is 0 Å². The molecule has 0 spiro atoms. The monoisotopic (exact) mass is 399 g/mol. The number of ether oxygens (including phenoxy) is 2. The van der Waals surface area contributed by atoms with Crippen molar-refractivity contribution in [1.82, 2.24) is 4.90 Å². The Labute approximate surface area is 169 Å². The Hall–Kier alpha value is -3.13. The summed E-state index contributed by atoms with van der Waals surface area (Å²) in [5.41, 5.74) is 1.92. The summed E-state index contributed by atoms with van der Waals surface area (Å²) in [5.74, 6) is 0.518. The number of benzene rings is 2. The zero-order valence-corrected chi connectivity index (χ0v) is 16.7. The number of non-ortho nitro benzene ring substituents is 1. The van der Waals surface area contributed by atoms with Gasteiger partial charge in [-0.3, -0.25) is 14.9 Å². The smallest absolute Gasteiger partial charge is 0.270 e. The van der Waals surface area contributed by atoms with Crippen molar-refractivity contribution >= 4 is 17.3 Å². The van der Waals surface area contributed by atoms with E-state index in [1.54, 1.807) is 18.1 Å². The second-order valence-corrected chi connectivity index (χ2v) is 6.73. The Morgan fingerprint density at radius 3 is 2.48 bits per heavy atom. The molecule has 1 aliphatic rings. The van der Waals surface area contributed by atoms with E-state index >= 15 is 0 Å². The van der Waals surface area contributed by atoms with Gasteiger partial charge in [0.25, 0.3) is 11.6 Å². The highest BCUT2D eigenvalue weighted by Gasteiger charge is 2.25. The molecular formula is C21H25N3O5. The van der Waals surface area contributed by atoms with Gasteiger partial charge < -0.3 is 19.3 Å². The molecule has 0 N–H and O–H groups in total. The van der Waals surface area contributed by atoms with Gasteiger partial charge in [-0.1, -0.05) is 12.1 Å². The summed E-state index contributed by atoms with van der Waals surface area (Å²) in [6, 6.07) is 12.0. The van der Waals surface area contributed by atoms with Crippen molar-refractivity contribution in [3.8, 4) is 5.75 Å². The summed E-state index contributed by atoms with van der Waals surface area (Å²) in [7, 11) is 1.60. The highest BCUT2D eigenvalue weighted by molar-refractivity contribution is 6.00. The number of rotatable bonds is 7. The standard InChI is InChI=1S/C21H25N3O5/c1-3-22(15-16-4-7-18(28-2)8-5-16)21(25)19-14-17(24(26)27)6-9-20(19)23-10-12-29-13-11-23/h4-9,14H,3,10-13,15H2,1-2H3.